The van der Waals surface area contributed by atoms with Gasteiger partial charge < -0.3 is 92.1 Å². The monoisotopic (exact) mass is 1360 g/mol. The van der Waals surface area contributed by atoms with Crippen LogP contribution in [-0.2, 0) is 75.2 Å². The number of likely N-dealkylation sites (tertiary alicyclic amines) is 2. The Morgan fingerprint density at radius 1 is 0.562 bits per heavy atom. The highest BCUT2D eigenvalue weighted by molar-refractivity contribution is 7.98. The number of rotatable bonds is 42. The van der Waals surface area contributed by atoms with E-state index in [9.17, 15) is 62.3 Å². The molecule has 2 heterocycles. The first kappa shape index (κ1) is 79.5. The van der Waals surface area contributed by atoms with Crippen molar-refractivity contribution in [2.45, 2.75) is 183 Å². The SMILES string of the molecule is CSCC[C@H](NC(=O)[C@H](CC(C)C)NC(=O)CN(C)C(=O)[C@H](Cc1ccccc1)NC(=O)[C@H](Cc1ccccc1)NC(=O)[C@@H](CCC(N)=O)NC(=O)[C@@H](CCC(N)=O)NC(=O)[C@H]1CCCN1C(=O)[C@H](CCCCN)NC(=O)[C@@H]1CCCN1C(=O)[C@@H](N)CCCN=C(N)N)C(N)=O. The molecule has 4 rings (SSSR count). The number of hydrogen-bond donors (Lipinski definition) is 14. The van der Waals surface area contributed by atoms with Gasteiger partial charge in [0.15, 0.2) is 5.96 Å². The number of amides is 13. The molecule has 10 atom stereocenters. The maximum absolute atomic E-state index is 14.8. The Bertz CT molecular complexity index is 3000. The summed E-state index contributed by atoms with van der Waals surface area (Å²) in [5, 5.41) is 18.7. The molecule has 2 aliphatic heterocycles. The van der Waals surface area contributed by atoms with E-state index in [0.717, 1.165) is 4.90 Å². The summed E-state index contributed by atoms with van der Waals surface area (Å²) in [4.78, 5) is 187. The number of likely N-dealkylation sites (N-methyl/N-ethyl adjacent to an activating group) is 1. The summed E-state index contributed by atoms with van der Waals surface area (Å²) in [5.41, 5.74) is 40.7. The largest absolute Gasteiger partial charge is 0.370 e. The highest BCUT2D eigenvalue weighted by Crippen LogP contribution is 2.24. The van der Waals surface area contributed by atoms with Crippen molar-refractivity contribution in [1.82, 2.24) is 51.9 Å². The molecular weight excluding hydrogens is 1260 g/mol. The van der Waals surface area contributed by atoms with Gasteiger partial charge in [0.05, 0.1) is 12.6 Å². The number of unbranched alkanes of at least 4 members (excludes halogenated alkanes) is 1. The normalized spacial score (nSPS) is 16.8. The minimum Gasteiger partial charge on any atom is -0.370 e. The smallest absolute Gasteiger partial charge is 0.245 e. The molecule has 21 N–H and O–H groups in total. The van der Waals surface area contributed by atoms with Gasteiger partial charge in [-0.3, -0.25) is 67.3 Å². The van der Waals surface area contributed by atoms with Crippen LogP contribution in [0, 0.1) is 5.92 Å². The maximum atomic E-state index is 14.8. The van der Waals surface area contributed by atoms with Crippen LogP contribution in [0.2, 0.25) is 0 Å². The van der Waals surface area contributed by atoms with Gasteiger partial charge >= 0.3 is 0 Å². The highest BCUT2D eigenvalue weighted by atomic mass is 32.2. The van der Waals surface area contributed by atoms with E-state index in [-0.39, 0.29) is 83.0 Å². The second-order valence-electron chi connectivity index (χ2n) is 24.6. The average molecular weight is 1360 g/mol. The third-order valence-corrected chi connectivity index (χ3v) is 17.0. The Morgan fingerprint density at radius 3 is 1.55 bits per heavy atom. The van der Waals surface area contributed by atoms with Gasteiger partial charge in [0.2, 0.25) is 76.8 Å². The lowest BCUT2D eigenvalue weighted by molar-refractivity contribution is -0.144. The lowest BCUT2D eigenvalue weighted by atomic mass is 10.0. The van der Waals surface area contributed by atoms with Gasteiger partial charge in [-0.15, -0.1) is 0 Å². The fourth-order valence-corrected chi connectivity index (χ4v) is 11.8. The third kappa shape index (κ3) is 27.1. The molecule has 0 spiro atoms. The zero-order chi connectivity index (χ0) is 71.0. The van der Waals surface area contributed by atoms with Crippen molar-refractivity contribution >= 4 is 94.5 Å². The number of carbonyl (C=O) groups excluding carboxylic acids is 13. The number of aliphatic imine (C=N–C) groups is 1. The standard InChI is InChI=1S/C64H100N18O13S/c1-38(2)34-46(57(89)74-42(54(69)86)28-33-96-4)73-53(85)37-80(3)62(94)48(36-40-18-9-6-10-19-40)79-58(90)47(35-39-16-7-5-8-17-39)78-56(88)43(24-26-51(67)83)75-55(87)44(25-27-52(68)84)76-59(91)50-23-15-32-82(50)63(95)45(21-11-12-29-65)77-60(92)49-22-14-31-81(49)61(93)41(66)20-13-30-72-64(70)71/h5-10,16-19,38,41-50H,11-15,20-37,65-66H2,1-4H3,(H2,67,83)(H2,68,84)(H2,69,86)(H,73,85)(H,74,89)(H,75,87)(H,76,91)(H,77,92)(H,78,88)(H,79,90)(H4,70,71,72)/t41-,42-,43+,44+,45-,46-,47-,48-,49-,50+/m0/s1. The molecule has 2 aliphatic rings. The van der Waals surface area contributed by atoms with Crippen molar-refractivity contribution in [1.29, 1.82) is 0 Å². The summed E-state index contributed by atoms with van der Waals surface area (Å²) < 4.78 is 0. The molecule has 0 radical (unpaired) electrons. The average Bonchev–Trinajstić information content (AvgIpc) is 1.60. The topological polar surface area (TPSA) is 510 Å². The molecule has 31 nitrogen and oxygen atoms in total. The molecule has 2 aromatic rings. The summed E-state index contributed by atoms with van der Waals surface area (Å²) in [6, 6.07) is 4.61. The van der Waals surface area contributed by atoms with Crippen LogP contribution in [0.4, 0.5) is 0 Å². The Labute approximate surface area is 564 Å². The van der Waals surface area contributed by atoms with Gasteiger partial charge in [0.1, 0.15) is 54.4 Å². The van der Waals surface area contributed by atoms with Crippen LogP contribution >= 0.6 is 11.8 Å². The molecule has 13 amide bonds. The van der Waals surface area contributed by atoms with Crippen molar-refractivity contribution in [3.05, 3.63) is 71.8 Å². The van der Waals surface area contributed by atoms with E-state index < -0.39 is 169 Å². The van der Waals surface area contributed by atoms with Gasteiger partial charge in [-0.2, -0.15) is 11.8 Å². The molecule has 2 aromatic carbocycles. The maximum Gasteiger partial charge on any atom is 0.245 e. The minimum atomic E-state index is -1.64. The second kappa shape index (κ2) is 41.1. The molecule has 0 unspecified atom stereocenters. The molecule has 2 fully saturated rings. The number of primary amides is 3. The first-order valence-corrected chi connectivity index (χ1v) is 33.9. The summed E-state index contributed by atoms with van der Waals surface area (Å²) in [5.74, 6) is -9.65. The number of hydrogen-bond acceptors (Lipinski definition) is 17. The number of nitrogens with two attached hydrogens (primary N) is 7. The van der Waals surface area contributed by atoms with Crippen LogP contribution in [0.15, 0.2) is 65.7 Å². The first-order valence-electron chi connectivity index (χ1n) is 32.6. The van der Waals surface area contributed by atoms with E-state index in [1.807, 2.05) is 20.1 Å². The predicted octanol–water partition coefficient (Wildman–Crippen LogP) is -3.37. The minimum absolute atomic E-state index is 0.0738. The molecular formula is C64H100N18O13S. The summed E-state index contributed by atoms with van der Waals surface area (Å²) in [7, 11) is 1.33. The Hall–Kier alpha value is -8.91. The van der Waals surface area contributed by atoms with E-state index in [4.69, 9.17) is 40.1 Å². The molecule has 0 aromatic heterocycles. The van der Waals surface area contributed by atoms with Crippen LogP contribution in [0.3, 0.4) is 0 Å². The fraction of sp³-hybridized carbons (Fsp3) is 0.594. The van der Waals surface area contributed by atoms with E-state index in [1.54, 1.807) is 60.7 Å². The van der Waals surface area contributed by atoms with Gasteiger partial charge in [0.25, 0.3) is 0 Å². The first-order chi connectivity index (χ1) is 45.6. The van der Waals surface area contributed by atoms with E-state index in [0.29, 0.717) is 55.4 Å². The zero-order valence-electron chi connectivity index (χ0n) is 55.4. The summed E-state index contributed by atoms with van der Waals surface area (Å²) in [6.45, 7) is 3.95. The lowest BCUT2D eigenvalue weighted by Crippen LogP contribution is -2.60. The predicted molar refractivity (Wildman–Crippen MR) is 360 cm³/mol. The molecule has 32 heteroatoms. The van der Waals surface area contributed by atoms with Gasteiger partial charge in [0, 0.05) is 52.4 Å². The van der Waals surface area contributed by atoms with Crippen molar-refractivity contribution in [2.75, 3.05) is 51.8 Å². The summed E-state index contributed by atoms with van der Waals surface area (Å²) in [6.07, 6.45) is 3.15. The van der Waals surface area contributed by atoms with Crippen molar-refractivity contribution in [3.8, 4) is 0 Å². The van der Waals surface area contributed by atoms with E-state index >= 15 is 0 Å². The van der Waals surface area contributed by atoms with Crippen molar-refractivity contribution < 1.29 is 62.3 Å². The van der Waals surface area contributed by atoms with E-state index in [1.165, 1.54) is 28.6 Å². The van der Waals surface area contributed by atoms with Gasteiger partial charge in [-0.25, -0.2) is 0 Å². The third-order valence-electron chi connectivity index (χ3n) is 16.3. The van der Waals surface area contributed by atoms with Gasteiger partial charge in [-0.05, 0) is 119 Å². The lowest BCUT2D eigenvalue weighted by Gasteiger charge is -2.32. The molecule has 0 saturated carbocycles. The van der Waals surface area contributed by atoms with Crippen molar-refractivity contribution in [2.24, 2.45) is 51.0 Å². The molecule has 0 aliphatic carbocycles. The quantitative estimate of drug-likeness (QED) is 0.0175. The van der Waals surface area contributed by atoms with Crippen LogP contribution < -0.4 is 77.4 Å². The van der Waals surface area contributed by atoms with E-state index in [2.05, 4.69) is 42.2 Å². The number of guanidine groups is 1. The Balaban J connectivity index is 1.58. The second-order valence-corrected chi connectivity index (χ2v) is 25.6. The van der Waals surface area contributed by atoms with Gasteiger partial charge in [-0.1, -0.05) is 74.5 Å². The van der Waals surface area contributed by atoms with Crippen LogP contribution in [0.1, 0.15) is 121 Å². The number of nitrogens with one attached hydrogen (secondary N) is 7. The zero-order valence-corrected chi connectivity index (χ0v) is 56.3. The molecule has 530 valence electrons. The highest BCUT2D eigenvalue weighted by Gasteiger charge is 2.42. The number of carbonyl (C=O) groups is 13. The van der Waals surface area contributed by atoms with Crippen LogP contribution in [0.25, 0.3) is 0 Å². The number of nitrogens with zero attached hydrogens (tertiary/aromatic N) is 4. The Morgan fingerprint density at radius 2 is 1.04 bits per heavy atom. The Kier molecular flexibility index (Phi) is 34.1. The summed E-state index contributed by atoms with van der Waals surface area (Å²) >= 11 is 1.46. The van der Waals surface area contributed by atoms with Crippen molar-refractivity contribution in [3.63, 3.8) is 0 Å². The van der Waals surface area contributed by atoms with Crippen LogP contribution in [0.5, 0.6) is 0 Å². The number of benzene rings is 2. The molecule has 2 saturated heterocycles. The molecule has 0 bridgehead atoms. The fourth-order valence-electron chi connectivity index (χ4n) is 11.3. The van der Waals surface area contributed by atoms with Crippen LogP contribution in [-0.4, -0.2) is 210 Å². The number of thioether (sulfide) groups is 1. The molecule has 96 heavy (non-hydrogen) atoms.